The first-order valence-electron chi connectivity index (χ1n) is 24.9. The maximum absolute atomic E-state index is 14.1. The fourth-order valence-corrected chi connectivity index (χ4v) is 7.27. The number of carboxylic acids is 5. The highest BCUT2D eigenvalue weighted by Gasteiger charge is 2.34. The average molecular weight is 1080 g/mol. The van der Waals surface area contributed by atoms with Crippen LogP contribution in [0.25, 0.3) is 0 Å². The Morgan fingerprint density at radius 1 is 0.513 bits per heavy atom. The van der Waals surface area contributed by atoms with Gasteiger partial charge in [0.1, 0.15) is 6.61 Å². The van der Waals surface area contributed by atoms with Crippen molar-refractivity contribution in [3.05, 3.63) is 35.4 Å². The minimum atomic E-state index is -1.73. The van der Waals surface area contributed by atoms with Crippen LogP contribution in [0.15, 0.2) is 24.3 Å². The van der Waals surface area contributed by atoms with Crippen molar-refractivity contribution in [2.45, 2.75) is 141 Å². The lowest BCUT2D eigenvalue weighted by molar-refractivity contribution is -0.141. The zero-order valence-corrected chi connectivity index (χ0v) is 42.9. The van der Waals surface area contributed by atoms with E-state index in [0.29, 0.717) is 30.9 Å². The van der Waals surface area contributed by atoms with E-state index in [-0.39, 0.29) is 63.8 Å². The number of ether oxygens (including phenoxy) is 3. The molecule has 0 heterocycles. The number of nitrogens with two attached hydrogens (primary N) is 1. The summed E-state index contributed by atoms with van der Waals surface area (Å²) in [4.78, 5) is 164. The van der Waals surface area contributed by atoms with Gasteiger partial charge in [-0.15, -0.1) is 0 Å². The van der Waals surface area contributed by atoms with Gasteiger partial charge in [0.25, 0.3) is 0 Å². The number of ketones is 4. The molecule has 0 aliphatic rings. The van der Waals surface area contributed by atoms with E-state index in [1.54, 1.807) is 12.1 Å². The van der Waals surface area contributed by atoms with Gasteiger partial charge in [-0.1, -0.05) is 31.2 Å². The van der Waals surface area contributed by atoms with Crippen LogP contribution in [0.2, 0.25) is 0 Å². The number of benzene rings is 1. The second kappa shape index (κ2) is 37.7. The molecule has 0 saturated carbocycles. The molecule has 0 spiro atoms. The lowest BCUT2D eigenvalue weighted by atomic mass is 9.89. The summed E-state index contributed by atoms with van der Waals surface area (Å²) in [6.45, 7) is 4.60. The Bertz CT molecular complexity index is 2130. The number of hydrogen-bond acceptors (Lipinski definition) is 17. The number of rotatable bonds is 45. The second-order valence-electron chi connectivity index (χ2n) is 17.8. The van der Waals surface area contributed by atoms with Crippen molar-refractivity contribution in [1.29, 1.82) is 0 Å². The van der Waals surface area contributed by atoms with Crippen LogP contribution in [0.5, 0.6) is 0 Å². The molecule has 0 radical (unpaired) electrons. The minimum absolute atomic E-state index is 0.0677. The summed E-state index contributed by atoms with van der Waals surface area (Å²) >= 11 is 0. The zero-order chi connectivity index (χ0) is 57.2. The second-order valence-corrected chi connectivity index (χ2v) is 17.8. The number of nitrogens with one attached hydrogen (secondary N) is 4. The summed E-state index contributed by atoms with van der Waals surface area (Å²) in [6.07, 6.45) is -6.75. The van der Waals surface area contributed by atoms with Crippen LogP contribution in [0, 0.1) is 11.8 Å². The van der Waals surface area contributed by atoms with Crippen LogP contribution in [0.3, 0.4) is 0 Å². The van der Waals surface area contributed by atoms with E-state index < -0.39 is 172 Å². The summed E-state index contributed by atoms with van der Waals surface area (Å²) < 4.78 is 16.2. The number of carboxylic acid groups (broad SMARTS) is 5. The highest BCUT2D eigenvalue weighted by molar-refractivity contribution is 5.97. The molecule has 0 aliphatic carbocycles. The summed E-state index contributed by atoms with van der Waals surface area (Å²) in [5.41, 5.74) is 6.63. The standard InChI is InChI=1S/C50H73N5O21/c1-3-21-74-23-20-52-42(60)29-76-25-24-75-22-4-5-39(57)38(26-31-6-8-32(9-7-31)30(2)56)55-49(72)34(11-16-44(63)64)28-40(58)36(13-18-46(67)68)53-48(71)33(10-15-43(61)62)27-41(59)37(14-19-47(69)70)54-50(73)35(51)12-17-45(65)66/h6-9,33-38H,3-5,10-29,51H2,1-2H3,(H,52,60)(H,53,71)(H,54,73)(H,55,72)(H,61,62)(H,63,64)(H,65,66)(H,67,68)(H,69,70)/t33-,34-,35+,36+,37+,38+/m0/s1. The van der Waals surface area contributed by atoms with Gasteiger partial charge < -0.3 is 66.7 Å². The monoisotopic (exact) mass is 1080 g/mol. The van der Waals surface area contributed by atoms with Crippen LogP contribution in [-0.2, 0) is 78.2 Å². The molecule has 76 heavy (non-hydrogen) atoms. The molecular formula is C50H73N5O21. The van der Waals surface area contributed by atoms with E-state index in [1.807, 2.05) is 6.92 Å². The van der Waals surface area contributed by atoms with E-state index in [1.165, 1.54) is 19.1 Å². The molecule has 424 valence electrons. The first-order chi connectivity index (χ1) is 35.9. The molecule has 1 aromatic rings. The molecule has 0 saturated heterocycles. The fourth-order valence-electron chi connectivity index (χ4n) is 7.27. The molecule has 6 atom stereocenters. The first-order valence-corrected chi connectivity index (χ1v) is 24.9. The third-order valence-electron chi connectivity index (χ3n) is 11.5. The van der Waals surface area contributed by atoms with Gasteiger partial charge >= 0.3 is 29.8 Å². The number of amides is 4. The quantitative estimate of drug-likeness (QED) is 0.0316. The third-order valence-corrected chi connectivity index (χ3v) is 11.5. The van der Waals surface area contributed by atoms with E-state index in [2.05, 4.69) is 21.3 Å². The normalized spacial score (nSPS) is 13.4. The Labute approximate surface area is 438 Å². The molecule has 1 aromatic carbocycles. The van der Waals surface area contributed by atoms with Gasteiger partial charge in [-0.2, -0.15) is 0 Å². The molecule has 11 N–H and O–H groups in total. The molecule has 1 rings (SSSR count). The minimum Gasteiger partial charge on any atom is -0.481 e. The molecule has 0 aliphatic heterocycles. The van der Waals surface area contributed by atoms with Gasteiger partial charge in [-0.3, -0.25) is 62.3 Å². The molecule has 0 unspecified atom stereocenters. The maximum atomic E-state index is 14.1. The predicted octanol–water partition coefficient (Wildman–Crippen LogP) is 0.614. The number of carbonyl (C=O) groups is 13. The molecular weight excluding hydrogens is 1010 g/mol. The van der Waals surface area contributed by atoms with Crippen LogP contribution in [0.1, 0.15) is 126 Å². The molecule has 0 bridgehead atoms. The lowest BCUT2D eigenvalue weighted by Gasteiger charge is -2.25. The van der Waals surface area contributed by atoms with Gasteiger partial charge in [0.05, 0.1) is 44.0 Å². The third kappa shape index (κ3) is 30.4. The fraction of sp³-hybridized carbons (Fsp3) is 0.620. The first kappa shape index (κ1) is 67.0. The molecule has 26 heteroatoms. The number of Topliss-reactive ketones (excluding diaryl/α,β-unsaturated/α-hetero) is 4. The van der Waals surface area contributed by atoms with Gasteiger partial charge in [0.15, 0.2) is 23.1 Å². The van der Waals surface area contributed by atoms with E-state index in [0.717, 1.165) is 6.42 Å². The Kier molecular flexibility index (Phi) is 33.2. The molecule has 26 nitrogen and oxygen atoms in total. The van der Waals surface area contributed by atoms with Crippen molar-refractivity contribution < 1.29 is 102 Å². The van der Waals surface area contributed by atoms with Crippen molar-refractivity contribution in [3.8, 4) is 0 Å². The Balaban J connectivity index is 3.35. The van der Waals surface area contributed by atoms with Crippen LogP contribution in [0.4, 0.5) is 0 Å². The van der Waals surface area contributed by atoms with Crippen molar-refractivity contribution in [2.75, 3.05) is 46.2 Å². The van der Waals surface area contributed by atoms with Crippen molar-refractivity contribution in [3.63, 3.8) is 0 Å². The summed E-state index contributed by atoms with van der Waals surface area (Å²) in [5.74, 6) is -16.1. The largest absolute Gasteiger partial charge is 0.481 e. The van der Waals surface area contributed by atoms with E-state index >= 15 is 0 Å². The number of hydrogen-bond donors (Lipinski definition) is 10. The Morgan fingerprint density at radius 3 is 1.45 bits per heavy atom. The molecule has 0 aromatic heterocycles. The molecule has 4 amide bonds. The van der Waals surface area contributed by atoms with Gasteiger partial charge in [0.2, 0.25) is 23.6 Å². The van der Waals surface area contributed by atoms with Crippen LogP contribution < -0.4 is 27.0 Å². The highest BCUT2D eigenvalue weighted by Crippen LogP contribution is 2.21. The Morgan fingerprint density at radius 2 is 0.961 bits per heavy atom. The number of carbonyl (C=O) groups excluding carboxylic acids is 8. The maximum Gasteiger partial charge on any atom is 0.303 e. The average Bonchev–Trinajstić information content (AvgIpc) is 3.35. The lowest BCUT2D eigenvalue weighted by Crippen LogP contribution is -2.50. The summed E-state index contributed by atoms with van der Waals surface area (Å²) in [5, 5.41) is 56.7. The van der Waals surface area contributed by atoms with Crippen LogP contribution >= 0.6 is 0 Å². The summed E-state index contributed by atoms with van der Waals surface area (Å²) in [6, 6.07) is 0.117. The summed E-state index contributed by atoms with van der Waals surface area (Å²) in [7, 11) is 0. The predicted molar refractivity (Wildman–Crippen MR) is 264 cm³/mol. The highest BCUT2D eigenvalue weighted by atomic mass is 16.5. The van der Waals surface area contributed by atoms with Crippen molar-refractivity contribution >= 4 is 76.6 Å². The Hall–Kier alpha value is -7.03. The smallest absolute Gasteiger partial charge is 0.303 e. The number of aliphatic carboxylic acids is 5. The van der Waals surface area contributed by atoms with E-state index in [4.69, 9.17) is 25.1 Å². The zero-order valence-electron chi connectivity index (χ0n) is 42.9. The topological polar surface area (TPSA) is 425 Å². The van der Waals surface area contributed by atoms with Gasteiger partial charge in [-0.25, -0.2) is 0 Å². The van der Waals surface area contributed by atoms with Crippen LogP contribution in [-0.4, -0.2) is 172 Å². The van der Waals surface area contributed by atoms with E-state index in [9.17, 15) is 82.8 Å². The van der Waals surface area contributed by atoms with Crippen molar-refractivity contribution in [2.24, 2.45) is 17.6 Å². The van der Waals surface area contributed by atoms with Gasteiger partial charge in [-0.05, 0) is 63.9 Å². The molecule has 0 fully saturated rings. The van der Waals surface area contributed by atoms with Crippen molar-refractivity contribution in [1.82, 2.24) is 21.3 Å². The SMILES string of the molecule is CCCOCCNC(=O)COCCOCCCC(=O)[C@@H](Cc1ccc(C(C)=O)cc1)NC(=O)[C@@H](CCC(=O)O)CC(=O)[C@@H](CCC(=O)O)NC(=O)[C@@H](CCC(=O)O)CC(=O)[C@@H](CCC(=O)O)NC(=O)[C@H](N)CCC(=O)O. The van der Waals surface area contributed by atoms with Gasteiger partial charge in [0, 0.05) is 88.5 Å².